The molecule has 6 nitrogen and oxygen atoms in total. The summed E-state index contributed by atoms with van der Waals surface area (Å²) in [5.41, 5.74) is 7.22. The standard InChI is InChI=1S/C15H15NO5/c16-10-6-9-12(19)4-8(17)5-14(9)21-15(10)7-1-2-11(18)13(20)3-7/h1-5,10,15,17-20H,6,16H2/t10-,15+/m0/s1. The lowest BCUT2D eigenvalue weighted by Gasteiger charge is -2.32. The Morgan fingerprint density at radius 3 is 2.43 bits per heavy atom. The van der Waals surface area contributed by atoms with E-state index in [0.29, 0.717) is 23.3 Å². The Bertz CT molecular complexity index is 701. The van der Waals surface area contributed by atoms with E-state index in [9.17, 15) is 20.4 Å². The first-order valence-corrected chi connectivity index (χ1v) is 6.44. The zero-order valence-corrected chi connectivity index (χ0v) is 11.0. The monoisotopic (exact) mass is 289 g/mol. The lowest BCUT2D eigenvalue weighted by atomic mass is 9.92. The van der Waals surface area contributed by atoms with Crippen molar-refractivity contribution in [1.82, 2.24) is 0 Å². The number of benzene rings is 2. The molecule has 0 saturated carbocycles. The fraction of sp³-hybridized carbons (Fsp3) is 0.200. The third-order valence-electron chi connectivity index (χ3n) is 3.58. The Morgan fingerprint density at radius 2 is 1.71 bits per heavy atom. The summed E-state index contributed by atoms with van der Waals surface area (Å²) in [4.78, 5) is 0. The van der Waals surface area contributed by atoms with Gasteiger partial charge in [-0.3, -0.25) is 0 Å². The van der Waals surface area contributed by atoms with E-state index >= 15 is 0 Å². The Balaban J connectivity index is 2.00. The van der Waals surface area contributed by atoms with Crippen molar-refractivity contribution >= 4 is 0 Å². The van der Waals surface area contributed by atoms with Crippen LogP contribution in [0.3, 0.4) is 0 Å². The van der Waals surface area contributed by atoms with Crippen LogP contribution in [0.2, 0.25) is 0 Å². The van der Waals surface area contributed by atoms with Crippen LogP contribution in [-0.4, -0.2) is 26.5 Å². The van der Waals surface area contributed by atoms with Gasteiger partial charge in [-0.05, 0) is 24.1 Å². The second-order valence-corrected chi connectivity index (χ2v) is 5.10. The van der Waals surface area contributed by atoms with E-state index in [1.54, 1.807) is 6.07 Å². The summed E-state index contributed by atoms with van der Waals surface area (Å²) in [5.74, 6) is -0.292. The molecule has 0 aliphatic carbocycles. The second-order valence-electron chi connectivity index (χ2n) is 5.10. The molecule has 1 heterocycles. The smallest absolute Gasteiger partial charge is 0.157 e. The van der Waals surface area contributed by atoms with Gasteiger partial charge < -0.3 is 30.9 Å². The third kappa shape index (κ3) is 2.30. The molecule has 0 amide bonds. The van der Waals surface area contributed by atoms with Gasteiger partial charge >= 0.3 is 0 Å². The van der Waals surface area contributed by atoms with Gasteiger partial charge in [0, 0.05) is 17.7 Å². The second kappa shape index (κ2) is 4.75. The molecular formula is C15H15NO5. The molecule has 0 aromatic heterocycles. The lowest BCUT2D eigenvalue weighted by Crippen LogP contribution is -2.37. The van der Waals surface area contributed by atoms with Gasteiger partial charge in [-0.15, -0.1) is 0 Å². The highest BCUT2D eigenvalue weighted by Crippen LogP contribution is 2.42. The van der Waals surface area contributed by atoms with Crippen LogP contribution in [0.15, 0.2) is 30.3 Å². The van der Waals surface area contributed by atoms with E-state index in [1.807, 2.05) is 0 Å². The maximum atomic E-state index is 9.82. The number of rotatable bonds is 1. The van der Waals surface area contributed by atoms with Gasteiger partial charge in [0.1, 0.15) is 23.4 Å². The maximum Gasteiger partial charge on any atom is 0.157 e. The molecule has 6 heteroatoms. The molecular weight excluding hydrogens is 274 g/mol. The molecule has 0 unspecified atom stereocenters. The van der Waals surface area contributed by atoms with Crippen LogP contribution in [0, 0.1) is 0 Å². The van der Waals surface area contributed by atoms with Crippen LogP contribution < -0.4 is 10.5 Å². The van der Waals surface area contributed by atoms with Crippen LogP contribution in [0.25, 0.3) is 0 Å². The summed E-state index contributed by atoms with van der Waals surface area (Å²) >= 11 is 0. The molecule has 2 aromatic carbocycles. The molecule has 1 aliphatic heterocycles. The quantitative estimate of drug-likeness (QED) is 0.508. The van der Waals surface area contributed by atoms with Gasteiger partial charge in [0.05, 0.1) is 6.04 Å². The number of phenolic OH excluding ortho intramolecular Hbond substituents is 4. The Morgan fingerprint density at radius 1 is 0.952 bits per heavy atom. The first kappa shape index (κ1) is 13.4. The lowest BCUT2D eigenvalue weighted by molar-refractivity contribution is 0.150. The average Bonchev–Trinajstić information content (AvgIpc) is 2.42. The molecule has 0 saturated heterocycles. The Kier molecular flexibility index (Phi) is 3.03. The van der Waals surface area contributed by atoms with Crippen LogP contribution in [0.4, 0.5) is 0 Å². The molecule has 110 valence electrons. The first-order chi connectivity index (χ1) is 9.95. The maximum absolute atomic E-state index is 9.82. The van der Waals surface area contributed by atoms with Gasteiger partial charge in [0.15, 0.2) is 11.5 Å². The van der Waals surface area contributed by atoms with E-state index < -0.39 is 12.1 Å². The molecule has 2 atom stereocenters. The highest BCUT2D eigenvalue weighted by Gasteiger charge is 2.31. The van der Waals surface area contributed by atoms with Crippen LogP contribution in [0.1, 0.15) is 17.2 Å². The molecule has 0 bridgehead atoms. The summed E-state index contributed by atoms with van der Waals surface area (Å²) in [6, 6.07) is 6.56. The summed E-state index contributed by atoms with van der Waals surface area (Å²) in [7, 11) is 0. The summed E-state index contributed by atoms with van der Waals surface area (Å²) in [6.07, 6.45) is -0.182. The van der Waals surface area contributed by atoms with E-state index in [1.165, 1.54) is 24.3 Å². The van der Waals surface area contributed by atoms with E-state index in [-0.39, 0.29) is 23.0 Å². The number of phenols is 4. The molecule has 21 heavy (non-hydrogen) atoms. The molecule has 0 radical (unpaired) electrons. The number of ether oxygens (including phenoxy) is 1. The van der Waals surface area contributed by atoms with Crippen molar-refractivity contribution in [3.8, 4) is 28.7 Å². The summed E-state index contributed by atoms with van der Waals surface area (Å²) in [5, 5.41) is 38.3. The number of hydrogen-bond acceptors (Lipinski definition) is 6. The fourth-order valence-electron chi connectivity index (χ4n) is 2.53. The number of fused-ring (bicyclic) bond motifs is 1. The highest BCUT2D eigenvalue weighted by molar-refractivity contribution is 5.52. The fourth-order valence-corrected chi connectivity index (χ4v) is 2.53. The van der Waals surface area contributed by atoms with Gasteiger partial charge in [0.2, 0.25) is 0 Å². The SMILES string of the molecule is N[C@H]1Cc2c(O)cc(O)cc2O[C@@H]1c1ccc(O)c(O)c1. The molecule has 2 aromatic rings. The topological polar surface area (TPSA) is 116 Å². The molecule has 0 spiro atoms. The number of aromatic hydroxyl groups is 4. The number of hydrogen-bond donors (Lipinski definition) is 5. The van der Waals surface area contributed by atoms with E-state index in [2.05, 4.69) is 0 Å². The zero-order valence-electron chi connectivity index (χ0n) is 11.0. The molecule has 3 rings (SSSR count). The average molecular weight is 289 g/mol. The Labute approximate surface area is 120 Å². The normalized spacial score (nSPS) is 20.6. The predicted molar refractivity (Wildman–Crippen MR) is 74.6 cm³/mol. The summed E-state index contributed by atoms with van der Waals surface area (Å²) in [6.45, 7) is 0. The van der Waals surface area contributed by atoms with Crippen molar-refractivity contribution < 1.29 is 25.2 Å². The van der Waals surface area contributed by atoms with Crippen molar-refractivity contribution in [2.75, 3.05) is 0 Å². The van der Waals surface area contributed by atoms with Crippen molar-refractivity contribution in [3.05, 3.63) is 41.5 Å². The van der Waals surface area contributed by atoms with Gasteiger partial charge in [0.25, 0.3) is 0 Å². The zero-order chi connectivity index (χ0) is 15.1. The highest BCUT2D eigenvalue weighted by atomic mass is 16.5. The van der Waals surface area contributed by atoms with Crippen molar-refractivity contribution in [3.63, 3.8) is 0 Å². The van der Waals surface area contributed by atoms with Crippen LogP contribution in [0.5, 0.6) is 28.7 Å². The third-order valence-corrected chi connectivity index (χ3v) is 3.58. The minimum atomic E-state index is -0.551. The summed E-state index contributed by atoms with van der Waals surface area (Å²) < 4.78 is 5.75. The first-order valence-electron chi connectivity index (χ1n) is 6.44. The van der Waals surface area contributed by atoms with Crippen molar-refractivity contribution in [2.24, 2.45) is 5.73 Å². The minimum absolute atomic E-state index is 0.0625. The van der Waals surface area contributed by atoms with Crippen molar-refractivity contribution in [2.45, 2.75) is 18.6 Å². The number of nitrogens with two attached hydrogens (primary N) is 1. The van der Waals surface area contributed by atoms with Crippen molar-refractivity contribution in [1.29, 1.82) is 0 Å². The van der Waals surface area contributed by atoms with Gasteiger partial charge in [-0.2, -0.15) is 0 Å². The van der Waals surface area contributed by atoms with Gasteiger partial charge in [-0.1, -0.05) is 6.07 Å². The van der Waals surface area contributed by atoms with E-state index in [4.69, 9.17) is 10.5 Å². The molecule has 0 fully saturated rings. The largest absolute Gasteiger partial charge is 0.508 e. The van der Waals surface area contributed by atoms with E-state index in [0.717, 1.165) is 0 Å². The molecule has 1 aliphatic rings. The predicted octanol–water partition coefficient (Wildman–Crippen LogP) is 1.51. The van der Waals surface area contributed by atoms with Gasteiger partial charge in [-0.25, -0.2) is 0 Å². The minimum Gasteiger partial charge on any atom is -0.508 e. The molecule has 6 N–H and O–H groups in total. The van der Waals surface area contributed by atoms with Crippen LogP contribution in [-0.2, 0) is 6.42 Å². The Hall–Kier alpha value is -2.60. The van der Waals surface area contributed by atoms with Crippen LogP contribution >= 0.6 is 0 Å².